The predicted molar refractivity (Wildman–Crippen MR) is 94.7 cm³/mol. The molecular weight excluding hydrogens is 318 g/mol. The van der Waals surface area contributed by atoms with Gasteiger partial charge in [-0.15, -0.1) is 0 Å². The monoisotopic (exact) mass is 335 g/mol. The molecule has 0 spiro atoms. The Hall–Kier alpha value is -3.22. The number of benzene rings is 1. The van der Waals surface area contributed by atoms with Crippen molar-refractivity contribution >= 4 is 22.5 Å². The van der Waals surface area contributed by atoms with Crippen molar-refractivity contribution in [2.24, 2.45) is 0 Å². The molecule has 7 heteroatoms. The summed E-state index contributed by atoms with van der Waals surface area (Å²) in [7, 11) is 0. The smallest absolute Gasteiger partial charge is 0.270 e. The Morgan fingerprint density at radius 2 is 1.92 bits per heavy atom. The van der Waals surface area contributed by atoms with Gasteiger partial charge in [0.15, 0.2) is 0 Å². The lowest BCUT2D eigenvalue weighted by Gasteiger charge is -2.36. The third-order valence-electron chi connectivity index (χ3n) is 4.42. The van der Waals surface area contributed by atoms with Crippen LogP contribution in [0.5, 0.6) is 0 Å². The van der Waals surface area contributed by atoms with Crippen LogP contribution in [0.4, 0.5) is 5.69 Å². The van der Waals surface area contributed by atoms with Gasteiger partial charge in [-0.1, -0.05) is 6.07 Å². The minimum Gasteiger partial charge on any atom is -0.368 e. The second kappa shape index (κ2) is 6.35. The van der Waals surface area contributed by atoms with E-state index in [1.54, 1.807) is 29.6 Å². The summed E-state index contributed by atoms with van der Waals surface area (Å²) in [6, 6.07) is 10.7. The van der Waals surface area contributed by atoms with Crippen LogP contribution in [0.1, 0.15) is 10.5 Å². The number of amides is 1. The maximum atomic E-state index is 12.5. The van der Waals surface area contributed by atoms with E-state index < -0.39 is 0 Å². The Morgan fingerprint density at radius 3 is 2.72 bits per heavy atom. The Kier molecular flexibility index (Phi) is 3.89. The van der Waals surface area contributed by atoms with Gasteiger partial charge in [0.25, 0.3) is 5.91 Å². The molecule has 1 aliphatic rings. The summed E-state index contributed by atoms with van der Waals surface area (Å²) < 4.78 is 0. The molecule has 2 aromatic heterocycles. The second-order valence-corrected chi connectivity index (χ2v) is 5.97. The van der Waals surface area contributed by atoms with Gasteiger partial charge in [0.2, 0.25) is 5.56 Å². The van der Waals surface area contributed by atoms with Crippen molar-refractivity contribution in [1.82, 2.24) is 19.9 Å². The number of H-pyrrole nitrogens is 1. The molecule has 1 N–H and O–H groups in total. The molecule has 0 radical (unpaired) electrons. The first-order valence-electron chi connectivity index (χ1n) is 8.14. The van der Waals surface area contributed by atoms with E-state index in [9.17, 15) is 9.59 Å². The largest absolute Gasteiger partial charge is 0.368 e. The van der Waals surface area contributed by atoms with Gasteiger partial charge in [-0.3, -0.25) is 9.59 Å². The number of nitrogens with zero attached hydrogens (tertiary/aromatic N) is 4. The van der Waals surface area contributed by atoms with Crippen molar-refractivity contribution in [3.05, 3.63) is 65.0 Å². The molecule has 1 amide bonds. The Balaban J connectivity index is 1.47. The van der Waals surface area contributed by atoms with Crippen LogP contribution in [0.15, 0.2) is 53.7 Å². The molecule has 3 aromatic rings. The van der Waals surface area contributed by atoms with Crippen molar-refractivity contribution in [3.63, 3.8) is 0 Å². The molecule has 0 unspecified atom stereocenters. The number of piperazine rings is 1. The van der Waals surface area contributed by atoms with Crippen LogP contribution in [0.25, 0.3) is 10.9 Å². The number of nitrogens with one attached hydrogen (secondary N) is 1. The van der Waals surface area contributed by atoms with Crippen LogP contribution in [0, 0.1) is 0 Å². The molecule has 1 saturated heterocycles. The number of hydrogen-bond donors (Lipinski definition) is 1. The van der Waals surface area contributed by atoms with E-state index in [2.05, 4.69) is 25.9 Å². The van der Waals surface area contributed by atoms with Gasteiger partial charge >= 0.3 is 0 Å². The number of rotatable bonds is 2. The van der Waals surface area contributed by atoms with Gasteiger partial charge in [0.1, 0.15) is 12.0 Å². The summed E-state index contributed by atoms with van der Waals surface area (Å²) in [5, 5.41) is 1.00. The zero-order valence-electron chi connectivity index (χ0n) is 13.6. The summed E-state index contributed by atoms with van der Waals surface area (Å²) in [6.45, 7) is 2.70. The number of hydrogen-bond acceptors (Lipinski definition) is 5. The van der Waals surface area contributed by atoms with Crippen LogP contribution >= 0.6 is 0 Å². The van der Waals surface area contributed by atoms with E-state index in [1.807, 2.05) is 12.1 Å². The molecule has 4 rings (SSSR count). The van der Waals surface area contributed by atoms with Crippen LogP contribution in [-0.2, 0) is 0 Å². The minimum atomic E-state index is -0.261. The number of carbonyl (C=O) groups is 1. The second-order valence-electron chi connectivity index (χ2n) is 5.97. The van der Waals surface area contributed by atoms with Crippen molar-refractivity contribution in [2.45, 2.75) is 0 Å². The van der Waals surface area contributed by atoms with Crippen molar-refractivity contribution in [1.29, 1.82) is 0 Å². The maximum Gasteiger partial charge on any atom is 0.270 e. The standard InChI is InChI=1S/C18H17N5O2/c24-17-3-1-2-16(21-17)18(25)23-8-6-22(7-9-23)14-4-5-15-13(10-14)11-19-12-20-15/h1-5,10-12H,6-9H2,(H,21,24). The summed E-state index contributed by atoms with van der Waals surface area (Å²) in [4.78, 5) is 38.8. The molecule has 1 aliphatic heterocycles. The predicted octanol–water partition coefficient (Wildman–Crippen LogP) is 1.28. The summed E-state index contributed by atoms with van der Waals surface area (Å²) >= 11 is 0. The highest BCUT2D eigenvalue weighted by Crippen LogP contribution is 2.21. The third kappa shape index (κ3) is 3.08. The molecule has 0 aliphatic carbocycles. The molecule has 25 heavy (non-hydrogen) atoms. The van der Waals surface area contributed by atoms with Gasteiger partial charge in [0.05, 0.1) is 5.52 Å². The van der Waals surface area contributed by atoms with Crippen molar-refractivity contribution in [2.75, 3.05) is 31.1 Å². The van der Waals surface area contributed by atoms with Gasteiger partial charge in [-0.2, -0.15) is 0 Å². The molecular formula is C18H17N5O2. The minimum absolute atomic E-state index is 0.135. The van der Waals surface area contributed by atoms with Gasteiger partial charge in [-0.05, 0) is 24.3 Å². The fourth-order valence-electron chi connectivity index (χ4n) is 3.08. The average Bonchev–Trinajstić information content (AvgIpc) is 2.67. The number of carbonyl (C=O) groups excluding carboxylic acids is 1. The number of pyridine rings is 1. The van der Waals surface area contributed by atoms with E-state index in [1.165, 1.54) is 6.07 Å². The number of aromatic nitrogens is 3. The topological polar surface area (TPSA) is 82.2 Å². The zero-order valence-corrected chi connectivity index (χ0v) is 13.6. The molecule has 3 heterocycles. The van der Waals surface area contributed by atoms with E-state index in [0.29, 0.717) is 18.8 Å². The van der Waals surface area contributed by atoms with E-state index >= 15 is 0 Å². The summed E-state index contributed by atoms with van der Waals surface area (Å²) in [6.07, 6.45) is 3.34. The fourth-order valence-corrected chi connectivity index (χ4v) is 3.08. The number of aromatic amines is 1. The molecule has 1 aromatic carbocycles. The van der Waals surface area contributed by atoms with Gasteiger partial charge in [-0.25, -0.2) is 9.97 Å². The Labute approximate surface area is 143 Å². The van der Waals surface area contributed by atoms with E-state index in [0.717, 1.165) is 29.7 Å². The van der Waals surface area contributed by atoms with Crippen LogP contribution in [0.2, 0.25) is 0 Å². The molecule has 0 atom stereocenters. The zero-order chi connectivity index (χ0) is 17.2. The highest BCUT2D eigenvalue weighted by Gasteiger charge is 2.22. The third-order valence-corrected chi connectivity index (χ3v) is 4.42. The lowest BCUT2D eigenvalue weighted by molar-refractivity contribution is 0.0740. The lowest BCUT2D eigenvalue weighted by atomic mass is 10.2. The molecule has 126 valence electrons. The first-order valence-corrected chi connectivity index (χ1v) is 8.14. The van der Waals surface area contributed by atoms with Gasteiger partial charge < -0.3 is 14.8 Å². The van der Waals surface area contributed by atoms with Crippen LogP contribution in [0.3, 0.4) is 0 Å². The highest BCUT2D eigenvalue weighted by molar-refractivity contribution is 5.92. The van der Waals surface area contributed by atoms with Crippen LogP contribution < -0.4 is 10.5 Å². The number of fused-ring (bicyclic) bond motifs is 1. The molecule has 1 fully saturated rings. The number of anilines is 1. The first kappa shape index (κ1) is 15.3. The van der Waals surface area contributed by atoms with Crippen molar-refractivity contribution in [3.8, 4) is 0 Å². The Bertz CT molecular complexity index is 976. The Morgan fingerprint density at radius 1 is 1.08 bits per heavy atom. The molecule has 0 bridgehead atoms. The molecule has 0 saturated carbocycles. The summed E-state index contributed by atoms with van der Waals surface area (Å²) in [5.74, 6) is -0.135. The van der Waals surface area contributed by atoms with E-state index in [4.69, 9.17) is 0 Å². The van der Waals surface area contributed by atoms with Gasteiger partial charge in [0, 0.05) is 49.5 Å². The normalized spacial score (nSPS) is 14.7. The fraction of sp³-hybridized carbons (Fsp3) is 0.222. The quantitative estimate of drug-likeness (QED) is 0.763. The lowest BCUT2D eigenvalue weighted by Crippen LogP contribution is -2.49. The van der Waals surface area contributed by atoms with Crippen molar-refractivity contribution < 1.29 is 4.79 Å². The van der Waals surface area contributed by atoms with E-state index in [-0.39, 0.29) is 11.5 Å². The highest BCUT2D eigenvalue weighted by atomic mass is 16.2. The maximum absolute atomic E-state index is 12.5. The summed E-state index contributed by atoms with van der Waals surface area (Å²) in [5.41, 5.74) is 2.09. The van der Waals surface area contributed by atoms with Crippen LogP contribution in [-0.4, -0.2) is 51.9 Å². The first-order chi connectivity index (χ1) is 12.2. The average molecular weight is 335 g/mol. The SMILES string of the molecule is O=C(c1cccc(=O)[nH]1)N1CCN(c2ccc3ncncc3c2)CC1. The molecule has 7 nitrogen and oxygen atoms in total.